The highest BCUT2D eigenvalue weighted by Crippen LogP contribution is 2.18. The molecule has 0 aliphatic heterocycles. The first kappa shape index (κ1) is 15.6. The SMILES string of the molecule is CC(C)Cc1nnc(NC(=O)CCn2cnc3ccccc32)s1. The van der Waals surface area contributed by atoms with Gasteiger partial charge >= 0.3 is 0 Å². The summed E-state index contributed by atoms with van der Waals surface area (Å²) in [6.45, 7) is 4.86. The maximum Gasteiger partial charge on any atom is 0.227 e. The highest BCUT2D eigenvalue weighted by atomic mass is 32.1. The van der Waals surface area contributed by atoms with E-state index in [4.69, 9.17) is 0 Å². The third-order valence-electron chi connectivity index (χ3n) is 3.40. The van der Waals surface area contributed by atoms with Gasteiger partial charge in [0.25, 0.3) is 0 Å². The van der Waals surface area contributed by atoms with E-state index in [0.717, 1.165) is 22.5 Å². The molecule has 3 aromatic rings. The monoisotopic (exact) mass is 329 g/mol. The van der Waals surface area contributed by atoms with Crippen molar-refractivity contribution < 1.29 is 4.79 Å². The summed E-state index contributed by atoms with van der Waals surface area (Å²) in [6, 6.07) is 7.89. The number of carbonyl (C=O) groups excluding carboxylic acids is 1. The molecule has 0 aliphatic rings. The number of rotatable bonds is 6. The minimum atomic E-state index is -0.0602. The molecule has 23 heavy (non-hydrogen) atoms. The molecule has 0 bridgehead atoms. The Hall–Kier alpha value is -2.28. The van der Waals surface area contributed by atoms with Gasteiger partial charge < -0.3 is 9.88 Å². The maximum atomic E-state index is 12.1. The van der Waals surface area contributed by atoms with Crippen molar-refractivity contribution in [3.63, 3.8) is 0 Å². The molecule has 6 nitrogen and oxygen atoms in total. The lowest BCUT2D eigenvalue weighted by Crippen LogP contribution is -2.14. The predicted octanol–water partition coefficient (Wildman–Crippen LogP) is 3.12. The number of benzene rings is 1. The molecule has 120 valence electrons. The van der Waals surface area contributed by atoms with Crippen LogP contribution in [0, 0.1) is 5.92 Å². The van der Waals surface area contributed by atoms with Crippen LogP contribution in [0.5, 0.6) is 0 Å². The summed E-state index contributed by atoms with van der Waals surface area (Å²) in [5.74, 6) is 0.469. The summed E-state index contributed by atoms with van der Waals surface area (Å²) in [5, 5.41) is 12.5. The zero-order chi connectivity index (χ0) is 16.2. The number of aromatic nitrogens is 4. The molecule has 0 fully saturated rings. The van der Waals surface area contributed by atoms with Gasteiger partial charge in [-0.05, 0) is 18.1 Å². The zero-order valence-electron chi connectivity index (χ0n) is 13.2. The molecule has 7 heteroatoms. The highest BCUT2D eigenvalue weighted by Gasteiger charge is 2.10. The fraction of sp³-hybridized carbons (Fsp3) is 0.375. The summed E-state index contributed by atoms with van der Waals surface area (Å²) >= 11 is 1.44. The fourth-order valence-electron chi connectivity index (χ4n) is 2.33. The van der Waals surface area contributed by atoms with Gasteiger partial charge in [0, 0.05) is 19.4 Å². The fourth-order valence-corrected chi connectivity index (χ4v) is 3.30. The Balaban J connectivity index is 1.56. The van der Waals surface area contributed by atoms with Crippen LogP contribution in [0.25, 0.3) is 11.0 Å². The maximum absolute atomic E-state index is 12.1. The second kappa shape index (κ2) is 6.87. The minimum absolute atomic E-state index is 0.0602. The molecule has 0 saturated carbocycles. The molecule has 0 aliphatic carbocycles. The molecule has 0 saturated heterocycles. The number of amides is 1. The van der Waals surface area contributed by atoms with Crippen molar-refractivity contribution in [2.45, 2.75) is 33.2 Å². The van der Waals surface area contributed by atoms with Crippen LogP contribution in [-0.2, 0) is 17.8 Å². The van der Waals surface area contributed by atoms with E-state index in [1.165, 1.54) is 11.3 Å². The molecule has 1 N–H and O–H groups in total. The van der Waals surface area contributed by atoms with Gasteiger partial charge in [-0.3, -0.25) is 4.79 Å². The average molecular weight is 329 g/mol. The average Bonchev–Trinajstić information content (AvgIpc) is 3.11. The molecular formula is C16H19N5OS. The van der Waals surface area contributed by atoms with E-state index in [1.807, 2.05) is 28.8 Å². The number of para-hydroxylation sites is 2. The van der Waals surface area contributed by atoms with Crippen LogP contribution in [0.1, 0.15) is 25.3 Å². The van der Waals surface area contributed by atoms with Crippen LogP contribution in [0.15, 0.2) is 30.6 Å². The van der Waals surface area contributed by atoms with E-state index in [0.29, 0.717) is 24.0 Å². The third kappa shape index (κ3) is 3.92. The lowest BCUT2D eigenvalue weighted by Gasteiger charge is -2.04. The Morgan fingerprint density at radius 2 is 2.13 bits per heavy atom. The Morgan fingerprint density at radius 3 is 2.96 bits per heavy atom. The Labute approximate surface area is 138 Å². The van der Waals surface area contributed by atoms with Crippen LogP contribution in [0.3, 0.4) is 0 Å². The summed E-state index contributed by atoms with van der Waals surface area (Å²) in [7, 11) is 0. The van der Waals surface area contributed by atoms with E-state index in [9.17, 15) is 4.79 Å². The predicted molar refractivity (Wildman–Crippen MR) is 91.4 cm³/mol. The molecule has 2 aromatic heterocycles. The van der Waals surface area contributed by atoms with E-state index >= 15 is 0 Å². The minimum Gasteiger partial charge on any atom is -0.330 e. The smallest absolute Gasteiger partial charge is 0.227 e. The van der Waals surface area contributed by atoms with Crippen molar-refractivity contribution in [1.29, 1.82) is 0 Å². The summed E-state index contributed by atoms with van der Waals surface area (Å²) in [5.41, 5.74) is 1.98. The standard InChI is InChI=1S/C16H19N5OS/c1-11(2)9-15-19-20-16(23-15)18-14(22)7-8-21-10-17-12-5-3-4-6-13(12)21/h3-6,10-11H,7-9H2,1-2H3,(H,18,20,22). The topological polar surface area (TPSA) is 72.7 Å². The Bertz CT molecular complexity index is 808. The number of hydrogen-bond donors (Lipinski definition) is 1. The van der Waals surface area contributed by atoms with Crippen molar-refractivity contribution in [2.75, 3.05) is 5.32 Å². The number of fused-ring (bicyclic) bond motifs is 1. The normalized spacial score (nSPS) is 11.3. The van der Waals surface area contributed by atoms with Gasteiger partial charge in [0.1, 0.15) is 5.01 Å². The van der Waals surface area contributed by atoms with Crippen LogP contribution >= 0.6 is 11.3 Å². The number of imidazole rings is 1. The van der Waals surface area contributed by atoms with Crippen molar-refractivity contribution in [3.8, 4) is 0 Å². The zero-order valence-corrected chi connectivity index (χ0v) is 14.0. The van der Waals surface area contributed by atoms with Gasteiger partial charge in [0.05, 0.1) is 17.4 Å². The number of nitrogens with zero attached hydrogens (tertiary/aromatic N) is 4. The molecule has 0 unspecified atom stereocenters. The first-order valence-electron chi connectivity index (χ1n) is 7.64. The first-order valence-corrected chi connectivity index (χ1v) is 8.45. The molecule has 3 rings (SSSR count). The van der Waals surface area contributed by atoms with Crippen molar-refractivity contribution in [2.24, 2.45) is 5.92 Å². The van der Waals surface area contributed by atoms with Gasteiger partial charge in [-0.2, -0.15) is 0 Å². The van der Waals surface area contributed by atoms with Crippen molar-refractivity contribution in [1.82, 2.24) is 19.7 Å². The van der Waals surface area contributed by atoms with E-state index in [1.54, 1.807) is 6.33 Å². The molecule has 1 aromatic carbocycles. The highest BCUT2D eigenvalue weighted by molar-refractivity contribution is 7.15. The molecule has 0 radical (unpaired) electrons. The van der Waals surface area contributed by atoms with E-state index < -0.39 is 0 Å². The molecule has 2 heterocycles. The summed E-state index contributed by atoms with van der Waals surface area (Å²) < 4.78 is 1.99. The quantitative estimate of drug-likeness (QED) is 0.754. The van der Waals surface area contributed by atoms with Crippen molar-refractivity contribution in [3.05, 3.63) is 35.6 Å². The second-order valence-electron chi connectivity index (χ2n) is 5.82. The van der Waals surface area contributed by atoms with Gasteiger partial charge in [-0.25, -0.2) is 4.98 Å². The summed E-state index contributed by atoms with van der Waals surface area (Å²) in [4.78, 5) is 16.4. The first-order chi connectivity index (χ1) is 11.1. The third-order valence-corrected chi connectivity index (χ3v) is 4.26. The lowest BCUT2D eigenvalue weighted by atomic mass is 10.1. The number of carbonyl (C=O) groups is 1. The summed E-state index contributed by atoms with van der Waals surface area (Å²) in [6.07, 6.45) is 3.03. The largest absolute Gasteiger partial charge is 0.330 e. The van der Waals surface area contributed by atoms with Crippen LogP contribution in [0.4, 0.5) is 5.13 Å². The Kier molecular flexibility index (Phi) is 4.66. The molecule has 0 atom stereocenters. The second-order valence-corrected chi connectivity index (χ2v) is 6.89. The number of hydrogen-bond acceptors (Lipinski definition) is 5. The van der Waals surface area contributed by atoms with Crippen LogP contribution < -0.4 is 5.32 Å². The van der Waals surface area contributed by atoms with Gasteiger partial charge in [0.2, 0.25) is 11.0 Å². The van der Waals surface area contributed by atoms with Gasteiger partial charge in [-0.1, -0.05) is 37.3 Å². The number of anilines is 1. The van der Waals surface area contributed by atoms with Gasteiger partial charge in [-0.15, -0.1) is 10.2 Å². The number of aryl methyl sites for hydroxylation is 1. The number of nitrogens with one attached hydrogen (secondary N) is 1. The van der Waals surface area contributed by atoms with Crippen molar-refractivity contribution >= 4 is 33.4 Å². The van der Waals surface area contributed by atoms with Crippen LogP contribution in [-0.4, -0.2) is 25.7 Å². The van der Waals surface area contributed by atoms with E-state index in [2.05, 4.69) is 34.3 Å². The molecular weight excluding hydrogens is 310 g/mol. The van der Waals surface area contributed by atoms with Gasteiger partial charge in [0.15, 0.2) is 0 Å². The Morgan fingerprint density at radius 1 is 1.30 bits per heavy atom. The molecule has 0 spiro atoms. The molecule has 1 amide bonds. The lowest BCUT2D eigenvalue weighted by molar-refractivity contribution is -0.116. The van der Waals surface area contributed by atoms with E-state index in [-0.39, 0.29) is 5.91 Å². The van der Waals surface area contributed by atoms with Crippen LogP contribution in [0.2, 0.25) is 0 Å².